The molecule has 1 saturated heterocycles. The Balaban J connectivity index is 1.56. The van der Waals surface area contributed by atoms with Gasteiger partial charge in [-0.25, -0.2) is 5.10 Å². The predicted molar refractivity (Wildman–Crippen MR) is 97.0 cm³/mol. The maximum Gasteiger partial charge on any atom is 0.272 e. The SMILES string of the molecule is O=C(NCC(c1ccco1)N1CCCC1)c1n[nH]c(=O)c2ccccc12. The molecule has 1 aromatic carbocycles. The van der Waals surface area contributed by atoms with Gasteiger partial charge in [0, 0.05) is 11.9 Å². The zero-order chi connectivity index (χ0) is 17.9. The Morgan fingerprint density at radius 2 is 1.96 bits per heavy atom. The fourth-order valence-electron chi connectivity index (χ4n) is 3.50. The van der Waals surface area contributed by atoms with Crippen LogP contribution in [0.1, 0.15) is 35.1 Å². The van der Waals surface area contributed by atoms with Crippen LogP contribution in [0, 0.1) is 0 Å². The molecule has 1 aliphatic heterocycles. The van der Waals surface area contributed by atoms with Gasteiger partial charge in [-0.1, -0.05) is 18.2 Å². The van der Waals surface area contributed by atoms with Crippen molar-refractivity contribution in [3.05, 3.63) is 64.5 Å². The number of benzene rings is 1. The lowest BCUT2D eigenvalue weighted by Gasteiger charge is -2.25. The molecule has 4 rings (SSSR count). The van der Waals surface area contributed by atoms with Crippen LogP contribution in [0.2, 0.25) is 0 Å². The van der Waals surface area contributed by atoms with E-state index < -0.39 is 0 Å². The number of likely N-dealkylation sites (tertiary alicyclic amines) is 1. The first kappa shape index (κ1) is 16.5. The lowest BCUT2D eigenvalue weighted by Crippen LogP contribution is -2.37. The minimum Gasteiger partial charge on any atom is -0.468 e. The van der Waals surface area contributed by atoms with E-state index in [1.165, 1.54) is 0 Å². The van der Waals surface area contributed by atoms with E-state index in [1.54, 1.807) is 30.5 Å². The number of nitrogens with zero attached hydrogens (tertiary/aromatic N) is 2. The van der Waals surface area contributed by atoms with E-state index in [0.717, 1.165) is 31.7 Å². The Kier molecular flexibility index (Phi) is 4.53. The molecule has 0 saturated carbocycles. The Bertz CT molecular complexity index is 958. The number of nitrogens with one attached hydrogen (secondary N) is 2. The summed E-state index contributed by atoms with van der Waals surface area (Å²) in [5.74, 6) is 0.527. The highest BCUT2D eigenvalue weighted by molar-refractivity contribution is 6.04. The molecule has 2 N–H and O–H groups in total. The molecule has 26 heavy (non-hydrogen) atoms. The zero-order valence-electron chi connectivity index (χ0n) is 14.3. The summed E-state index contributed by atoms with van der Waals surface area (Å²) in [4.78, 5) is 26.9. The molecular formula is C19H20N4O3. The molecule has 1 amide bonds. The monoisotopic (exact) mass is 352 g/mol. The van der Waals surface area contributed by atoms with E-state index in [-0.39, 0.29) is 23.2 Å². The van der Waals surface area contributed by atoms with Crippen molar-refractivity contribution in [2.45, 2.75) is 18.9 Å². The predicted octanol–water partition coefficient (Wildman–Crippen LogP) is 2.08. The number of H-pyrrole nitrogens is 1. The minimum atomic E-state index is -0.312. The number of aromatic nitrogens is 2. The number of amides is 1. The van der Waals surface area contributed by atoms with Gasteiger partial charge in [-0.3, -0.25) is 14.5 Å². The van der Waals surface area contributed by atoms with Crippen LogP contribution in [-0.4, -0.2) is 40.6 Å². The van der Waals surface area contributed by atoms with Crippen LogP contribution >= 0.6 is 0 Å². The van der Waals surface area contributed by atoms with E-state index >= 15 is 0 Å². The van der Waals surface area contributed by atoms with Gasteiger partial charge >= 0.3 is 0 Å². The molecule has 3 aromatic rings. The molecule has 0 bridgehead atoms. The summed E-state index contributed by atoms with van der Waals surface area (Å²) in [6.07, 6.45) is 3.95. The summed E-state index contributed by atoms with van der Waals surface area (Å²) in [5.41, 5.74) is -0.0810. The van der Waals surface area contributed by atoms with Gasteiger partial charge in [0.2, 0.25) is 0 Å². The zero-order valence-corrected chi connectivity index (χ0v) is 14.3. The Hall–Kier alpha value is -2.93. The lowest BCUT2D eigenvalue weighted by molar-refractivity contribution is 0.0929. The standard InChI is InChI=1S/C19H20N4O3/c24-18-14-7-2-1-6-13(14)17(21-22-18)19(25)20-12-15(16-8-5-11-26-16)23-9-3-4-10-23/h1-2,5-8,11,15H,3-4,9-10,12H2,(H,20,25)(H,22,24). The summed E-state index contributed by atoms with van der Waals surface area (Å²) in [5, 5.41) is 10.3. The van der Waals surface area contributed by atoms with Crippen molar-refractivity contribution in [1.29, 1.82) is 0 Å². The third-order valence-corrected chi connectivity index (χ3v) is 4.82. The van der Waals surface area contributed by atoms with Gasteiger partial charge < -0.3 is 9.73 Å². The highest BCUT2D eigenvalue weighted by Crippen LogP contribution is 2.25. The normalized spacial score (nSPS) is 16.0. The molecule has 1 atom stereocenters. The van der Waals surface area contributed by atoms with Gasteiger partial charge in [0.05, 0.1) is 17.7 Å². The number of rotatable bonds is 5. The number of carbonyl (C=O) groups excluding carboxylic acids is 1. The molecule has 1 unspecified atom stereocenters. The largest absolute Gasteiger partial charge is 0.468 e. The fraction of sp³-hybridized carbons (Fsp3) is 0.316. The first-order chi connectivity index (χ1) is 12.7. The third kappa shape index (κ3) is 3.13. The number of fused-ring (bicyclic) bond motifs is 1. The van der Waals surface area contributed by atoms with Gasteiger partial charge in [-0.05, 0) is 44.1 Å². The number of hydrogen-bond donors (Lipinski definition) is 2. The lowest BCUT2D eigenvalue weighted by atomic mass is 10.1. The summed E-state index contributed by atoms with van der Waals surface area (Å²) in [6, 6.07) is 10.8. The Morgan fingerprint density at radius 3 is 2.69 bits per heavy atom. The molecular weight excluding hydrogens is 332 g/mol. The molecule has 1 fully saturated rings. The van der Waals surface area contributed by atoms with Crippen LogP contribution in [0.3, 0.4) is 0 Å². The van der Waals surface area contributed by atoms with Crippen molar-refractivity contribution in [2.75, 3.05) is 19.6 Å². The first-order valence-electron chi connectivity index (χ1n) is 8.77. The highest BCUT2D eigenvalue weighted by atomic mass is 16.3. The Labute approximate surface area is 150 Å². The van der Waals surface area contributed by atoms with Crippen LogP contribution < -0.4 is 10.9 Å². The van der Waals surface area contributed by atoms with E-state index in [1.807, 2.05) is 12.1 Å². The quantitative estimate of drug-likeness (QED) is 0.734. The van der Waals surface area contributed by atoms with Gasteiger partial charge in [0.1, 0.15) is 5.76 Å². The summed E-state index contributed by atoms with van der Waals surface area (Å²) in [7, 11) is 0. The number of carbonyl (C=O) groups is 1. The molecule has 7 nitrogen and oxygen atoms in total. The molecule has 1 aliphatic rings. The average molecular weight is 352 g/mol. The number of hydrogen-bond acceptors (Lipinski definition) is 5. The molecule has 134 valence electrons. The van der Waals surface area contributed by atoms with Gasteiger partial charge in [0.25, 0.3) is 11.5 Å². The highest BCUT2D eigenvalue weighted by Gasteiger charge is 2.26. The van der Waals surface area contributed by atoms with E-state index in [2.05, 4.69) is 20.4 Å². The van der Waals surface area contributed by atoms with E-state index in [9.17, 15) is 9.59 Å². The average Bonchev–Trinajstić information content (AvgIpc) is 3.37. The van der Waals surface area contributed by atoms with Crippen LogP contribution in [0.4, 0.5) is 0 Å². The van der Waals surface area contributed by atoms with Crippen LogP contribution in [-0.2, 0) is 0 Å². The maximum absolute atomic E-state index is 12.7. The van der Waals surface area contributed by atoms with Crippen molar-refractivity contribution in [1.82, 2.24) is 20.4 Å². The van der Waals surface area contributed by atoms with Crippen molar-refractivity contribution in [3.8, 4) is 0 Å². The van der Waals surface area contributed by atoms with Gasteiger partial charge in [-0.2, -0.15) is 5.10 Å². The first-order valence-corrected chi connectivity index (χ1v) is 8.77. The van der Waals surface area contributed by atoms with E-state index in [0.29, 0.717) is 17.3 Å². The van der Waals surface area contributed by atoms with Crippen molar-refractivity contribution in [3.63, 3.8) is 0 Å². The third-order valence-electron chi connectivity index (χ3n) is 4.82. The second kappa shape index (κ2) is 7.13. The minimum absolute atomic E-state index is 0.00882. The molecule has 0 spiro atoms. The Morgan fingerprint density at radius 1 is 1.19 bits per heavy atom. The second-order valence-electron chi connectivity index (χ2n) is 6.43. The summed E-state index contributed by atoms with van der Waals surface area (Å²) < 4.78 is 5.58. The molecule has 0 radical (unpaired) electrons. The van der Waals surface area contributed by atoms with Gasteiger partial charge in [-0.15, -0.1) is 0 Å². The second-order valence-corrected chi connectivity index (χ2v) is 6.43. The number of aromatic amines is 1. The van der Waals surface area contributed by atoms with Crippen molar-refractivity contribution in [2.24, 2.45) is 0 Å². The fourth-order valence-corrected chi connectivity index (χ4v) is 3.50. The van der Waals surface area contributed by atoms with Crippen LogP contribution in [0.15, 0.2) is 51.9 Å². The van der Waals surface area contributed by atoms with Crippen molar-refractivity contribution < 1.29 is 9.21 Å². The molecule has 7 heteroatoms. The molecule has 0 aliphatic carbocycles. The van der Waals surface area contributed by atoms with Gasteiger partial charge in [0.15, 0.2) is 5.69 Å². The summed E-state index contributed by atoms with van der Waals surface area (Å²) in [6.45, 7) is 2.39. The maximum atomic E-state index is 12.7. The van der Waals surface area contributed by atoms with Crippen molar-refractivity contribution >= 4 is 16.7 Å². The van der Waals surface area contributed by atoms with E-state index in [4.69, 9.17) is 4.42 Å². The number of furan rings is 1. The smallest absolute Gasteiger partial charge is 0.272 e. The summed E-state index contributed by atoms with van der Waals surface area (Å²) >= 11 is 0. The molecule has 3 heterocycles. The van der Waals surface area contributed by atoms with Crippen LogP contribution in [0.25, 0.3) is 10.8 Å². The molecule has 2 aromatic heterocycles. The van der Waals surface area contributed by atoms with Crippen LogP contribution in [0.5, 0.6) is 0 Å². The topological polar surface area (TPSA) is 91.2 Å².